The fourth-order valence-electron chi connectivity index (χ4n) is 3.25. The van der Waals surface area contributed by atoms with Crippen molar-refractivity contribution in [2.75, 3.05) is 26.7 Å². The Bertz CT molecular complexity index is 830. The quantitative estimate of drug-likeness (QED) is 0.786. The molecule has 1 saturated heterocycles. The standard InChI is InChI=1S/C18H21N5OS/c1-21-7-8-23(16(13-21)14-5-3-2-4-6-14)17(24)19-11-15-12-22-9-10-25-18(22)20-15/h2-6,9-10,12,16H,7-8,11,13H2,1H3,(H,19,24). The van der Waals surface area contributed by atoms with Crippen molar-refractivity contribution in [2.45, 2.75) is 12.6 Å². The highest BCUT2D eigenvalue weighted by molar-refractivity contribution is 7.15. The van der Waals surface area contributed by atoms with Gasteiger partial charge < -0.3 is 15.1 Å². The summed E-state index contributed by atoms with van der Waals surface area (Å²) in [7, 11) is 2.10. The van der Waals surface area contributed by atoms with Gasteiger partial charge in [-0.15, -0.1) is 11.3 Å². The lowest BCUT2D eigenvalue weighted by Gasteiger charge is -2.40. The monoisotopic (exact) mass is 355 g/mol. The van der Waals surface area contributed by atoms with Gasteiger partial charge in [0.2, 0.25) is 0 Å². The smallest absolute Gasteiger partial charge is 0.318 e. The summed E-state index contributed by atoms with van der Waals surface area (Å²) in [6.45, 7) is 2.90. The molecule has 4 rings (SSSR count). The lowest BCUT2D eigenvalue weighted by Crippen LogP contribution is -2.52. The van der Waals surface area contributed by atoms with E-state index >= 15 is 0 Å². The molecule has 1 fully saturated rings. The van der Waals surface area contributed by atoms with Crippen molar-refractivity contribution >= 4 is 22.3 Å². The number of fused-ring (bicyclic) bond motifs is 1. The van der Waals surface area contributed by atoms with Crippen LogP contribution >= 0.6 is 11.3 Å². The van der Waals surface area contributed by atoms with Crippen molar-refractivity contribution in [1.82, 2.24) is 24.5 Å². The molecule has 1 aromatic carbocycles. The summed E-state index contributed by atoms with van der Waals surface area (Å²) in [4.78, 5) is 22.5. The minimum Gasteiger partial charge on any atom is -0.332 e. The molecular formula is C18H21N5OS. The van der Waals surface area contributed by atoms with Crippen molar-refractivity contribution < 1.29 is 4.79 Å². The molecule has 0 saturated carbocycles. The molecule has 130 valence electrons. The van der Waals surface area contributed by atoms with Crippen LogP contribution in [0.2, 0.25) is 0 Å². The molecule has 2 aromatic heterocycles. The van der Waals surface area contributed by atoms with Crippen LogP contribution in [-0.4, -0.2) is 51.9 Å². The Morgan fingerprint density at radius 2 is 2.16 bits per heavy atom. The highest BCUT2D eigenvalue weighted by atomic mass is 32.1. The average molecular weight is 355 g/mol. The molecule has 3 aromatic rings. The lowest BCUT2D eigenvalue weighted by molar-refractivity contribution is 0.108. The van der Waals surface area contributed by atoms with Gasteiger partial charge in [0.25, 0.3) is 0 Å². The van der Waals surface area contributed by atoms with E-state index in [0.717, 1.165) is 30.3 Å². The fourth-order valence-corrected chi connectivity index (χ4v) is 3.97. The number of carbonyl (C=O) groups is 1. The van der Waals surface area contributed by atoms with Crippen molar-refractivity contribution in [3.8, 4) is 0 Å². The van der Waals surface area contributed by atoms with Gasteiger partial charge >= 0.3 is 6.03 Å². The maximum Gasteiger partial charge on any atom is 0.318 e. The third kappa shape index (κ3) is 3.38. The first-order chi connectivity index (χ1) is 12.2. The molecule has 1 aliphatic heterocycles. The first kappa shape index (κ1) is 16.1. The van der Waals surface area contributed by atoms with E-state index in [1.165, 1.54) is 5.56 Å². The molecule has 7 heteroatoms. The van der Waals surface area contributed by atoms with E-state index in [1.807, 2.05) is 45.3 Å². The average Bonchev–Trinajstić information content (AvgIpc) is 3.22. The van der Waals surface area contributed by atoms with E-state index in [1.54, 1.807) is 11.3 Å². The number of urea groups is 1. The zero-order valence-electron chi connectivity index (χ0n) is 14.1. The first-order valence-corrected chi connectivity index (χ1v) is 9.28. The van der Waals surface area contributed by atoms with Crippen LogP contribution in [0.15, 0.2) is 48.1 Å². The predicted molar refractivity (Wildman–Crippen MR) is 98.7 cm³/mol. The number of carbonyl (C=O) groups excluding carboxylic acids is 1. The van der Waals surface area contributed by atoms with Crippen LogP contribution < -0.4 is 5.32 Å². The number of piperazine rings is 1. The van der Waals surface area contributed by atoms with Crippen molar-refractivity contribution in [2.24, 2.45) is 0 Å². The Kier molecular flexibility index (Phi) is 4.42. The second-order valence-corrected chi connectivity index (χ2v) is 7.24. The predicted octanol–water partition coefficient (Wildman–Crippen LogP) is 2.59. The van der Waals surface area contributed by atoms with E-state index in [9.17, 15) is 4.79 Å². The van der Waals surface area contributed by atoms with E-state index in [-0.39, 0.29) is 12.1 Å². The van der Waals surface area contributed by atoms with Gasteiger partial charge in [-0.1, -0.05) is 30.3 Å². The Hall–Kier alpha value is -2.38. The molecule has 1 unspecified atom stereocenters. The SMILES string of the molecule is CN1CCN(C(=O)NCc2cn3ccsc3n2)C(c2ccccc2)C1. The van der Waals surface area contributed by atoms with Crippen LogP contribution in [0.3, 0.4) is 0 Å². The molecule has 25 heavy (non-hydrogen) atoms. The Labute approximate surface area is 150 Å². The number of aromatic nitrogens is 2. The van der Waals surface area contributed by atoms with Gasteiger partial charge in [-0.25, -0.2) is 9.78 Å². The summed E-state index contributed by atoms with van der Waals surface area (Å²) in [5.41, 5.74) is 2.05. The number of likely N-dealkylation sites (N-methyl/N-ethyl adjacent to an activating group) is 1. The van der Waals surface area contributed by atoms with Gasteiger partial charge in [-0.2, -0.15) is 0 Å². The molecule has 1 N–H and O–H groups in total. The van der Waals surface area contributed by atoms with E-state index in [4.69, 9.17) is 0 Å². The topological polar surface area (TPSA) is 52.9 Å². The van der Waals surface area contributed by atoms with Crippen molar-refractivity contribution in [3.05, 3.63) is 59.4 Å². The normalized spacial score (nSPS) is 18.6. The Balaban J connectivity index is 1.46. The molecule has 1 atom stereocenters. The minimum atomic E-state index is -0.0293. The van der Waals surface area contributed by atoms with Crippen LogP contribution in [0.25, 0.3) is 4.96 Å². The van der Waals surface area contributed by atoms with Gasteiger partial charge in [0.05, 0.1) is 18.3 Å². The van der Waals surface area contributed by atoms with Crippen LogP contribution in [0, 0.1) is 0 Å². The molecule has 6 nitrogen and oxygen atoms in total. The molecule has 1 aliphatic rings. The van der Waals surface area contributed by atoms with E-state index in [0.29, 0.717) is 6.54 Å². The lowest BCUT2D eigenvalue weighted by atomic mass is 10.0. The number of nitrogens with one attached hydrogen (secondary N) is 1. The molecule has 0 aliphatic carbocycles. The zero-order valence-corrected chi connectivity index (χ0v) is 14.9. The summed E-state index contributed by atoms with van der Waals surface area (Å²) in [6, 6.07) is 10.3. The summed E-state index contributed by atoms with van der Waals surface area (Å²) < 4.78 is 1.98. The van der Waals surface area contributed by atoms with E-state index in [2.05, 4.69) is 34.4 Å². The van der Waals surface area contributed by atoms with Gasteiger partial charge in [0.1, 0.15) is 0 Å². The Morgan fingerprint density at radius 3 is 2.96 bits per heavy atom. The minimum absolute atomic E-state index is 0.0293. The highest BCUT2D eigenvalue weighted by Gasteiger charge is 2.30. The van der Waals surface area contributed by atoms with Gasteiger partial charge in [-0.05, 0) is 12.6 Å². The van der Waals surface area contributed by atoms with Crippen LogP contribution in [0.4, 0.5) is 4.79 Å². The number of hydrogen-bond donors (Lipinski definition) is 1. The Morgan fingerprint density at radius 1 is 1.32 bits per heavy atom. The number of rotatable bonds is 3. The largest absolute Gasteiger partial charge is 0.332 e. The number of nitrogens with zero attached hydrogens (tertiary/aromatic N) is 4. The summed E-state index contributed by atoms with van der Waals surface area (Å²) >= 11 is 1.59. The van der Waals surface area contributed by atoms with E-state index < -0.39 is 0 Å². The van der Waals surface area contributed by atoms with Crippen molar-refractivity contribution in [3.63, 3.8) is 0 Å². The highest BCUT2D eigenvalue weighted by Crippen LogP contribution is 2.24. The van der Waals surface area contributed by atoms with Crippen LogP contribution in [-0.2, 0) is 6.54 Å². The van der Waals surface area contributed by atoms with Gasteiger partial charge in [0, 0.05) is 37.4 Å². The zero-order chi connectivity index (χ0) is 17.2. The molecule has 0 spiro atoms. The first-order valence-electron chi connectivity index (χ1n) is 8.40. The molecule has 3 heterocycles. The van der Waals surface area contributed by atoms with Gasteiger partial charge in [-0.3, -0.25) is 4.40 Å². The number of imidazole rings is 1. The number of thiazole rings is 1. The summed E-state index contributed by atoms with van der Waals surface area (Å²) in [5.74, 6) is 0. The third-order valence-electron chi connectivity index (χ3n) is 4.59. The van der Waals surface area contributed by atoms with Gasteiger partial charge in [0.15, 0.2) is 4.96 Å². The summed E-state index contributed by atoms with van der Waals surface area (Å²) in [6.07, 6.45) is 3.94. The number of hydrogen-bond acceptors (Lipinski definition) is 4. The van der Waals surface area contributed by atoms with Crippen LogP contribution in [0.1, 0.15) is 17.3 Å². The molecule has 0 bridgehead atoms. The van der Waals surface area contributed by atoms with Crippen LogP contribution in [0.5, 0.6) is 0 Å². The molecule has 2 amide bonds. The fraction of sp³-hybridized carbons (Fsp3) is 0.333. The molecule has 0 radical (unpaired) electrons. The maximum absolute atomic E-state index is 12.8. The summed E-state index contributed by atoms with van der Waals surface area (Å²) in [5, 5.41) is 5.03. The second kappa shape index (κ2) is 6.85. The number of amides is 2. The second-order valence-electron chi connectivity index (χ2n) is 6.37. The van der Waals surface area contributed by atoms with Crippen molar-refractivity contribution in [1.29, 1.82) is 0 Å². The maximum atomic E-state index is 12.8. The molecular weight excluding hydrogens is 334 g/mol. The third-order valence-corrected chi connectivity index (χ3v) is 5.36. The number of benzene rings is 1.